The molecule has 0 unspecified atom stereocenters. The van der Waals surface area contributed by atoms with Crippen LogP contribution in [0.2, 0.25) is 5.02 Å². The van der Waals surface area contributed by atoms with Gasteiger partial charge >= 0.3 is 0 Å². The molecule has 0 atom stereocenters. The summed E-state index contributed by atoms with van der Waals surface area (Å²) in [4.78, 5) is 39.4. The second-order valence-electron chi connectivity index (χ2n) is 6.89. The van der Waals surface area contributed by atoms with E-state index in [0.29, 0.717) is 21.6 Å². The molecule has 1 aliphatic rings. The van der Waals surface area contributed by atoms with Crippen molar-refractivity contribution in [1.29, 1.82) is 0 Å². The highest BCUT2D eigenvalue weighted by atomic mass is 35.5. The number of furan rings is 1. The van der Waals surface area contributed by atoms with Gasteiger partial charge in [0, 0.05) is 21.7 Å². The molecule has 4 rings (SSSR count). The molecule has 2 aromatic carbocycles. The zero-order valence-electron chi connectivity index (χ0n) is 16.8. The summed E-state index contributed by atoms with van der Waals surface area (Å²) in [5.74, 6) is -0.559. The van der Waals surface area contributed by atoms with Crippen LogP contribution in [-0.2, 0) is 9.59 Å². The van der Waals surface area contributed by atoms with Gasteiger partial charge in [0.2, 0.25) is 5.91 Å². The highest BCUT2D eigenvalue weighted by molar-refractivity contribution is 8.18. The van der Waals surface area contributed by atoms with Crippen LogP contribution in [0.5, 0.6) is 0 Å². The standard InChI is InChI=1S/C23H17ClN2O4S2/c1-14-2-9-18(10-3-14)31-21-11-8-17(30-21)12-19-22(28)26(23(29)32-19)13-20(27)25-16-6-4-15(24)5-7-16/h2-12H,13H2,1H3,(H,25,27)/b19-12-. The Balaban J connectivity index is 1.39. The maximum atomic E-state index is 12.7. The van der Waals surface area contributed by atoms with Gasteiger partial charge in [0.25, 0.3) is 11.1 Å². The van der Waals surface area contributed by atoms with Crippen molar-refractivity contribution in [3.05, 3.63) is 81.9 Å². The number of carbonyl (C=O) groups excluding carboxylic acids is 3. The molecule has 2 heterocycles. The average Bonchev–Trinajstić information content (AvgIpc) is 3.31. The van der Waals surface area contributed by atoms with Crippen LogP contribution in [0.15, 0.2) is 80.0 Å². The zero-order chi connectivity index (χ0) is 22.7. The molecule has 9 heteroatoms. The van der Waals surface area contributed by atoms with Crippen LogP contribution in [0.3, 0.4) is 0 Å². The van der Waals surface area contributed by atoms with Crippen molar-refractivity contribution in [2.45, 2.75) is 16.9 Å². The molecule has 0 aliphatic carbocycles. The van der Waals surface area contributed by atoms with Crippen molar-refractivity contribution in [1.82, 2.24) is 4.90 Å². The first kappa shape index (κ1) is 22.3. The van der Waals surface area contributed by atoms with E-state index < -0.39 is 17.1 Å². The number of anilines is 1. The molecule has 32 heavy (non-hydrogen) atoms. The number of halogens is 1. The lowest BCUT2D eigenvalue weighted by Crippen LogP contribution is -2.36. The fourth-order valence-corrected chi connectivity index (χ4v) is 4.55. The van der Waals surface area contributed by atoms with Crippen molar-refractivity contribution in [3.8, 4) is 0 Å². The first-order chi connectivity index (χ1) is 15.4. The minimum absolute atomic E-state index is 0.204. The molecule has 6 nitrogen and oxygen atoms in total. The summed E-state index contributed by atoms with van der Waals surface area (Å²) in [6.45, 7) is 1.64. The molecule has 0 radical (unpaired) electrons. The van der Waals surface area contributed by atoms with Gasteiger partial charge in [-0.05, 0) is 67.2 Å². The number of rotatable bonds is 6. The van der Waals surface area contributed by atoms with Gasteiger partial charge in [-0.3, -0.25) is 19.3 Å². The molecule has 0 spiro atoms. The number of thioether (sulfide) groups is 1. The number of amides is 3. The molecule has 1 fully saturated rings. The van der Waals surface area contributed by atoms with Gasteiger partial charge in [-0.15, -0.1) is 0 Å². The molecular formula is C23H17ClN2O4S2. The summed E-state index contributed by atoms with van der Waals surface area (Å²) in [5.41, 5.74) is 1.70. The molecular weight excluding hydrogens is 468 g/mol. The van der Waals surface area contributed by atoms with Crippen molar-refractivity contribution < 1.29 is 18.8 Å². The van der Waals surface area contributed by atoms with Crippen LogP contribution < -0.4 is 5.32 Å². The van der Waals surface area contributed by atoms with E-state index in [0.717, 1.165) is 21.6 Å². The SMILES string of the molecule is Cc1ccc(Sc2ccc(/C=C3\SC(=O)N(CC(=O)Nc4ccc(Cl)cc4)C3=O)o2)cc1. The van der Waals surface area contributed by atoms with Gasteiger partial charge in [0.15, 0.2) is 5.09 Å². The monoisotopic (exact) mass is 484 g/mol. The Morgan fingerprint density at radius 1 is 1.09 bits per heavy atom. The van der Waals surface area contributed by atoms with E-state index in [1.54, 1.807) is 36.4 Å². The minimum atomic E-state index is -0.532. The average molecular weight is 485 g/mol. The third-order valence-electron chi connectivity index (χ3n) is 4.42. The largest absolute Gasteiger partial charge is 0.450 e. The number of carbonyl (C=O) groups is 3. The number of nitrogens with one attached hydrogen (secondary N) is 1. The Hall–Kier alpha value is -2.94. The Labute approximate surface area is 198 Å². The Morgan fingerprint density at radius 3 is 2.53 bits per heavy atom. The second kappa shape index (κ2) is 9.68. The van der Waals surface area contributed by atoms with Crippen LogP contribution in [0.25, 0.3) is 6.08 Å². The van der Waals surface area contributed by atoms with Crippen molar-refractivity contribution >= 4 is 63.9 Å². The lowest BCUT2D eigenvalue weighted by Gasteiger charge is -2.12. The van der Waals surface area contributed by atoms with Crippen LogP contribution in [0.1, 0.15) is 11.3 Å². The third kappa shape index (κ3) is 5.45. The van der Waals surface area contributed by atoms with E-state index in [-0.39, 0.29) is 11.4 Å². The summed E-state index contributed by atoms with van der Waals surface area (Å²) < 4.78 is 5.77. The molecule has 3 aromatic rings. The van der Waals surface area contributed by atoms with Gasteiger partial charge in [-0.1, -0.05) is 41.1 Å². The van der Waals surface area contributed by atoms with Gasteiger partial charge in [-0.25, -0.2) is 0 Å². The maximum Gasteiger partial charge on any atom is 0.294 e. The predicted molar refractivity (Wildman–Crippen MR) is 127 cm³/mol. The summed E-state index contributed by atoms with van der Waals surface area (Å²) >= 11 is 8.06. The molecule has 162 valence electrons. The van der Waals surface area contributed by atoms with Crippen LogP contribution >= 0.6 is 35.1 Å². The van der Waals surface area contributed by atoms with Crippen LogP contribution in [-0.4, -0.2) is 28.5 Å². The van der Waals surface area contributed by atoms with E-state index in [9.17, 15) is 14.4 Å². The maximum absolute atomic E-state index is 12.7. The number of hydrogen-bond acceptors (Lipinski definition) is 6. The van der Waals surface area contributed by atoms with E-state index >= 15 is 0 Å². The summed E-state index contributed by atoms with van der Waals surface area (Å²) in [6, 6.07) is 18.1. The smallest absolute Gasteiger partial charge is 0.294 e. The third-order valence-corrected chi connectivity index (χ3v) is 6.51. The lowest BCUT2D eigenvalue weighted by atomic mass is 10.2. The van der Waals surface area contributed by atoms with Gasteiger partial charge in [0.1, 0.15) is 12.3 Å². The normalized spacial score (nSPS) is 14.9. The van der Waals surface area contributed by atoms with E-state index in [2.05, 4.69) is 5.32 Å². The molecule has 1 saturated heterocycles. The van der Waals surface area contributed by atoms with E-state index in [1.807, 2.05) is 31.2 Å². The number of hydrogen-bond donors (Lipinski definition) is 1. The second-order valence-corrected chi connectivity index (χ2v) is 9.40. The molecule has 0 bridgehead atoms. The first-order valence-corrected chi connectivity index (χ1v) is 11.5. The Morgan fingerprint density at radius 2 is 1.81 bits per heavy atom. The molecule has 1 aliphatic heterocycles. The van der Waals surface area contributed by atoms with Crippen molar-refractivity contribution in [2.75, 3.05) is 11.9 Å². The number of imide groups is 1. The highest BCUT2D eigenvalue weighted by Crippen LogP contribution is 2.34. The molecule has 1 N–H and O–H groups in total. The quantitative estimate of drug-likeness (QED) is 0.428. The fraction of sp³-hybridized carbons (Fsp3) is 0.0870. The molecule has 3 amide bonds. The van der Waals surface area contributed by atoms with Gasteiger partial charge < -0.3 is 9.73 Å². The van der Waals surface area contributed by atoms with E-state index in [1.165, 1.54) is 23.4 Å². The minimum Gasteiger partial charge on any atom is -0.450 e. The number of nitrogens with zero attached hydrogens (tertiary/aromatic N) is 1. The van der Waals surface area contributed by atoms with Crippen LogP contribution in [0.4, 0.5) is 10.5 Å². The highest BCUT2D eigenvalue weighted by Gasteiger charge is 2.36. The fourth-order valence-electron chi connectivity index (χ4n) is 2.83. The Bertz CT molecular complexity index is 1200. The molecule has 0 saturated carbocycles. The van der Waals surface area contributed by atoms with Crippen molar-refractivity contribution in [3.63, 3.8) is 0 Å². The van der Waals surface area contributed by atoms with E-state index in [4.69, 9.17) is 16.0 Å². The first-order valence-electron chi connectivity index (χ1n) is 9.52. The number of benzene rings is 2. The lowest BCUT2D eigenvalue weighted by molar-refractivity contribution is -0.127. The number of aryl methyl sites for hydroxylation is 1. The summed E-state index contributed by atoms with van der Waals surface area (Å²) in [5, 5.41) is 3.34. The van der Waals surface area contributed by atoms with Gasteiger partial charge in [-0.2, -0.15) is 0 Å². The summed E-state index contributed by atoms with van der Waals surface area (Å²) in [7, 11) is 0. The molecule has 1 aromatic heterocycles. The van der Waals surface area contributed by atoms with Gasteiger partial charge in [0.05, 0.1) is 4.91 Å². The summed E-state index contributed by atoms with van der Waals surface area (Å²) in [6.07, 6.45) is 1.52. The Kier molecular flexibility index (Phi) is 6.74. The zero-order valence-corrected chi connectivity index (χ0v) is 19.2. The van der Waals surface area contributed by atoms with Crippen molar-refractivity contribution in [2.24, 2.45) is 0 Å². The topological polar surface area (TPSA) is 79.6 Å². The predicted octanol–water partition coefficient (Wildman–Crippen LogP) is 6.07. The van der Waals surface area contributed by atoms with Crippen LogP contribution in [0, 0.1) is 6.92 Å².